The molecular formula is C16H17ClN4. The van der Waals surface area contributed by atoms with Crippen LogP contribution in [0, 0.1) is 6.92 Å². The molecule has 2 aromatic heterocycles. The van der Waals surface area contributed by atoms with E-state index in [1.165, 1.54) is 11.8 Å². The average Bonchev–Trinajstić information content (AvgIpc) is 2.82. The van der Waals surface area contributed by atoms with Gasteiger partial charge in [-0.25, -0.2) is 15.0 Å². The van der Waals surface area contributed by atoms with Crippen molar-refractivity contribution in [2.45, 2.75) is 33.2 Å². The van der Waals surface area contributed by atoms with E-state index in [-0.39, 0.29) is 0 Å². The van der Waals surface area contributed by atoms with Gasteiger partial charge in [0.05, 0.1) is 16.7 Å². The van der Waals surface area contributed by atoms with Gasteiger partial charge in [-0.1, -0.05) is 30.7 Å². The predicted molar refractivity (Wildman–Crippen MR) is 84.6 cm³/mol. The van der Waals surface area contributed by atoms with Crippen LogP contribution in [0.2, 0.25) is 5.15 Å². The second kappa shape index (κ2) is 5.82. The molecule has 0 N–H and O–H groups in total. The molecule has 0 unspecified atom stereocenters. The van der Waals surface area contributed by atoms with Crippen molar-refractivity contribution in [1.82, 2.24) is 19.5 Å². The van der Waals surface area contributed by atoms with E-state index in [1.807, 2.05) is 25.1 Å². The van der Waals surface area contributed by atoms with Crippen LogP contribution in [0.5, 0.6) is 0 Å². The first-order valence-corrected chi connectivity index (χ1v) is 7.48. The Bertz CT molecular complexity index is 779. The molecule has 2 heterocycles. The number of nitrogens with zero attached hydrogens (tertiary/aromatic N) is 4. The van der Waals surface area contributed by atoms with E-state index < -0.39 is 0 Å². The summed E-state index contributed by atoms with van der Waals surface area (Å²) in [5, 5.41) is 0.512. The number of fused-ring (bicyclic) bond motifs is 1. The third-order valence-corrected chi connectivity index (χ3v) is 4.01. The monoisotopic (exact) mass is 300 g/mol. The highest BCUT2D eigenvalue weighted by Gasteiger charge is 2.13. The molecule has 1 aromatic carbocycles. The second-order valence-electron chi connectivity index (χ2n) is 5.08. The molecule has 0 atom stereocenters. The van der Waals surface area contributed by atoms with Crippen LogP contribution in [0.25, 0.3) is 11.0 Å². The Kier molecular flexibility index (Phi) is 3.88. The van der Waals surface area contributed by atoms with Crippen molar-refractivity contribution in [3.05, 3.63) is 52.8 Å². The van der Waals surface area contributed by atoms with Gasteiger partial charge in [0.25, 0.3) is 0 Å². The molecule has 0 bridgehead atoms. The molecule has 4 nitrogen and oxygen atoms in total. The zero-order valence-corrected chi connectivity index (χ0v) is 12.9. The minimum absolute atomic E-state index is 0.512. The van der Waals surface area contributed by atoms with Crippen LogP contribution in [0.4, 0.5) is 0 Å². The molecular weight excluding hydrogens is 284 g/mol. The largest absolute Gasteiger partial charge is 0.328 e. The topological polar surface area (TPSA) is 43.6 Å². The lowest BCUT2D eigenvalue weighted by Crippen LogP contribution is -2.07. The lowest BCUT2D eigenvalue weighted by Gasteiger charge is -2.09. The number of aryl methyl sites for hydroxylation is 1. The first kappa shape index (κ1) is 14.0. The van der Waals surface area contributed by atoms with Gasteiger partial charge in [-0.05, 0) is 25.5 Å². The molecule has 3 rings (SSSR count). The Morgan fingerprint density at radius 2 is 2.00 bits per heavy atom. The van der Waals surface area contributed by atoms with Gasteiger partial charge < -0.3 is 4.57 Å². The quantitative estimate of drug-likeness (QED) is 0.689. The standard InChI is InChI=1S/C16H17ClN4/c1-3-8-21-14-7-5-4-6-12(14)20-15(21)9-13-11(2)16(17)19-10-18-13/h4-7,10H,3,8-9H2,1-2H3. The van der Waals surface area contributed by atoms with Crippen LogP contribution in [-0.4, -0.2) is 19.5 Å². The third kappa shape index (κ3) is 2.63. The predicted octanol–water partition coefficient (Wildman–Crippen LogP) is 3.79. The Balaban J connectivity index is 2.07. The summed E-state index contributed by atoms with van der Waals surface area (Å²) in [5.74, 6) is 1.02. The summed E-state index contributed by atoms with van der Waals surface area (Å²) < 4.78 is 2.27. The average molecular weight is 301 g/mol. The smallest absolute Gasteiger partial charge is 0.135 e. The van der Waals surface area contributed by atoms with Crippen LogP contribution in [0.3, 0.4) is 0 Å². The number of hydrogen-bond donors (Lipinski definition) is 0. The Morgan fingerprint density at radius 1 is 1.19 bits per heavy atom. The van der Waals surface area contributed by atoms with Crippen molar-refractivity contribution < 1.29 is 0 Å². The number of hydrogen-bond acceptors (Lipinski definition) is 3. The van der Waals surface area contributed by atoms with E-state index in [1.54, 1.807) is 0 Å². The van der Waals surface area contributed by atoms with Gasteiger partial charge in [0.2, 0.25) is 0 Å². The van der Waals surface area contributed by atoms with Crippen molar-refractivity contribution in [3.63, 3.8) is 0 Å². The summed E-state index contributed by atoms with van der Waals surface area (Å²) in [4.78, 5) is 13.1. The maximum Gasteiger partial charge on any atom is 0.135 e. The van der Waals surface area contributed by atoms with Gasteiger partial charge in [0.15, 0.2) is 0 Å². The van der Waals surface area contributed by atoms with E-state index in [4.69, 9.17) is 16.6 Å². The van der Waals surface area contributed by atoms with Crippen LogP contribution in [0.1, 0.15) is 30.4 Å². The highest BCUT2D eigenvalue weighted by molar-refractivity contribution is 6.30. The van der Waals surface area contributed by atoms with E-state index >= 15 is 0 Å². The van der Waals surface area contributed by atoms with Crippen molar-refractivity contribution in [2.75, 3.05) is 0 Å². The van der Waals surface area contributed by atoms with Gasteiger partial charge in [-0.15, -0.1) is 0 Å². The molecule has 0 aliphatic rings. The fourth-order valence-corrected chi connectivity index (χ4v) is 2.68. The first-order valence-electron chi connectivity index (χ1n) is 7.10. The molecule has 5 heteroatoms. The molecule has 3 aromatic rings. The number of imidazole rings is 1. The van der Waals surface area contributed by atoms with Gasteiger partial charge >= 0.3 is 0 Å². The molecule has 0 spiro atoms. The van der Waals surface area contributed by atoms with Crippen molar-refractivity contribution in [2.24, 2.45) is 0 Å². The van der Waals surface area contributed by atoms with Gasteiger partial charge in [-0.2, -0.15) is 0 Å². The molecule has 0 saturated heterocycles. The van der Waals surface area contributed by atoms with Crippen molar-refractivity contribution in [1.29, 1.82) is 0 Å². The molecule has 0 amide bonds. The SMILES string of the molecule is CCCn1c(Cc2ncnc(Cl)c2C)nc2ccccc21. The molecule has 0 fully saturated rings. The molecule has 0 radical (unpaired) electrons. The normalized spacial score (nSPS) is 11.2. The highest BCUT2D eigenvalue weighted by atomic mass is 35.5. The van der Waals surface area contributed by atoms with Crippen LogP contribution >= 0.6 is 11.6 Å². The summed E-state index contributed by atoms with van der Waals surface area (Å²) in [6.45, 7) is 5.07. The number of rotatable bonds is 4. The Morgan fingerprint density at radius 3 is 2.81 bits per heavy atom. The summed E-state index contributed by atoms with van der Waals surface area (Å²) >= 11 is 6.08. The fraction of sp³-hybridized carbons (Fsp3) is 0.312. The molecule has 0 saturated carbocycles. The van der Waals surface area contributed by atoms with Crippen molar-refractivity contribution >= 4 is 22.6 Å². The number of aromatic nitrogens is 4. The van der Waals surface area contributed by atoms with E-state index in [2.05, 4.69) is 27.5 Å². The molecule has 21 heavy (non-hydrogen) atoms. The third-order valence-electron chi connectivity index (χ3n) is 3.63. The minimum Gasteiger partial charge on any atom is -0.328 e. The Labute approximate surface area is 128 Å². The first-order chi connectivity index (χ1) is 10.2. The zero-order chi connectivity index (χ0) is 14.8. The van der Waals surface area contributed by atoms with Gasteiger partial charge in [0.1, 0.15) is 17.3 Å². The summed E-state index contributed by atoms with van der Waals surface area (Å²) in [5.41, 5.74) is 4.06. The summed E-state index contributed by atoms with van der Waals surface area (Å²) in [6.07, 6.45) is 3.25. The second-order valence-corrected chi connectivity index (χ2v) is 5.44. The Hall–Kier alpha value is -1.94. The van der Waals surface area contributed by atoms with E-state index in [0.29, 0.717) is 11.6 Å². The maximum atomic E-state index is 6.08. The van der Waals surface area contributed by atoms with Gasteiger partial charge in [-0.3, -0.25) is 0 Å². The highest BCUT2D eigenvalue weighted by Crippen LogP contribution is 2.21. The van der Waals surface area contributed by atoms with Crippen LogP contribution < -0.4 is 0 Å². The van der Waals surface area contributed by atoms with Crippen LogP contribution in [-0.2, 0) is 13.0 Å². The number of benzene rings is 1. The van der Waals surface area contributed by atoms with Crippen LogP contribution in [0.15, 0.2) is 30.6 Å². The molecule has 108 valence electrons. The summed E-state index contributed by atoms with van der Waals surface area (Å²) in [6, 6.07) is 8.22. The lowest BCUT2D eigenvalue weighted by atomic mass is 10.2. The van der Waals surface area contributed by atoms with E-state index in [0.717, 1.165) is 35.6 Å². The van der Waals surface area contributed by atoms with E-state index in [9.17, 15) is 0 Å². The summed E-state index contributed by atoms with van der Waals surface area (Å²) in [7, 11) is 0. The van der Waals surface area contributed by atoms with Crippen molar-refractivity contribution in [3.8, 4) is 0 Å². The number of para-hydroxylation sites is 2. The molecule has 0 aliphatic heterocycles. The zero-order valence-electron chi connectivity index (χ0n) is 12.2. The van der Waals surface area contributed by atoms with Gasteiger partial charge in [0, 0.05) is 18.5 Å². The number of halogens is 1. The lowest BCUT2D eigenvalue weighted by molar-refractivity contribution is 0.661. The fourth-order valence-electron chi connectivity index (χ4n) is 2.52. The minimum atomic E-state index is 0.512. The molecule has 0 aliphatic carbocycles. The maximum absolute atomic E-state index is 6.08.